The van der Waals surface area contributed by atoms with Crippen LogP contribution in [0.1, 0.15) is 65.5 Å². The van der Waals surface area contributed by atoms with Crippen molar-refractivity contribution >= 4 is 26.0 Å². The van der Waals surface area contributed by atoms with Crippen molar-refractivity contribution in [2.75, 3.05) is 19.7 Å². The van der Waals surface area contributed by atoms with Gasteiger partial charge in [-0.05, 0) is 81.4 Å². The number of hydrogen-bond acceptors (Lipinski definition) is 4. The zero-order chi connectivity index (χ0) is 23.7. The van der Waals surface area contributed by atoms with Crippen molar-refractivity contribution < 1.29 is 19.1 Å². The Morgan fingerprint density at radius 2 is 1.74 bits per heavy atom. The quantitative estimate of drug-likeness (QED) is 0.527. The van der Waals surface area contributed by atoms with Gasteiger partial charge in [-0.3, -0.25) is 0 Å². The highest BCUT2D eigenvalue weighted by Gasteiger charge is 2.39. The summed E-state index contributed by atoms with van der Waals surface area (Å²) in [6.07, 6.45) is 1.28. The van der Waals surface area contributed by atoms with Gasteiger partial charge in [-0.1, -0.05) is 38.4 Å². The molecule has 1 fully saturated rings. The van der Waals surface area contributed by atoms with E-state index in [9.17, 15) is 9.90 Å². The van der Waals surface area contributed by atoms with Crippen molar-refractivity contribution in [3.63, 3.8) is 0 Å². The molecule has 1 N–H and O–H groups in total. The fraction of sp³-hybridized carbons (Fsp3) is 0.708. The summed E-state index contributed by atoms with van der Waals surface area (Å²) in [5.41, 5.74) is 0.351. The lowest BCUT2D eigenvalue weighted by Gasteiger charge is -2.40. The SMILES string of the molecule is CC(C)(C)OC(=O)N1CCC(O)(c2cc(Cl)ccc2CCO[Si](C)(C)C(C)(C)C)CC1. The molecule has 0 saturated carbocycles. The van der Waals surface area contributed by atoms with Crippen LogP contribution in [0.2, 0.25) is 23.2 Å². The highest BCUT2D eigenvalue weighted by Crippen LogP contribution is 2.38. The second kappa shape index (κ2) is 9.42. The maximum Gasteiger partial charge on any atom is 0.410 e. The standard InChI is InChI=1S/C24H40ClNO4Si/c1-22(2,3)30-21(27)26-14-12-24(28,13-15-26)20-17-19(25)10-9-18(20)11-16-29-31(7,8)23(4,5)6/h9-10,17,28H,11-16H2,1-8H3. The number of aliphatic hydroxyl groups is 1. The van der Waals surface area contributed by atoms with E-state index in [0.29, 0.717) is 37.6 Å². The van der Waals surface area contributed by atoms with Crippen LogP contribution >= 0.6 is 11.6 Å². The first-order valence-electron chi connectivity index (χ1n) is 11.2. The number of likely N-dealkylation sites (tertiary alicyclic amines) is 1. The summed E-state index contributed by atoms with van der Waals surface area (Å²) >= 11 is 6.30. The van der Waals surface area contributed by atoms with E-state index in [0.717, 1.165) is 17.5 Å². The Kier molecular flexibility index (Phi) is 7.95. The van der Waals surface area contributed by atoms with Gasteiger partial charge >= 0.3 is 6.09 Å². The van der Waals surface area contributed by atoms with Crippen LogP contribution in [0.15, 0.2) is 18.2 Å². The van der Waals surface area contributed by atoms with Crippen LogP contribution in [-0.2, 0) is 21.2 Å². The van der Waals surface area contributed by atoms with E-state index in [-0.39, 0.29) is 11.1 Å². The second-order valence-corrected chi connectivity index (χ2v) is 16.4. The van der Waals surface area contributed by atoms with Crippen molar-refractivity contribution in [3.8, 4) is 0 Å². The molecule has 1 amide bonds. The Hall–Kier alpha value is -1.08. The van der Waals surface area contributed by atoms with Crippen LogP contribution in [-0.4, -0.2) is 49.7 Å². The van der Waals surface area contributed by atoms with Crippen molar-refractivity contribution in [2.24, 2.45) is 0 Å². The summed E-state index contributed by atoms with van der Waals surface area (Å²) in [4.78, 5) is 14.1. The van der Waals surface area contributed by atoms with E-state index in [1.165, 1.54) is 0 Å². The average Bonchev–Trinajstić information content (AvgIpc) is 2.61. The van der Waals surface area contributed by atoms with E-state index in [1.54, 1.807) is 4.90 Å². The molecule has 1 saturated heterocycles. The zero-order valence-electron chi connectivity index (χ0n) is 20.5. The molecule has 0 aromatic heterocycles. The third-order valence-electron chi connectivity index (χ3n) is 6.46. The van der Waals surface area contributed by atoms with Gasteiger partial charge in [-0.15, -0.1) is 0 Å². The summed E-state index contributed by atoms with van der Waals surface area (Å²) in [6, 6.07) is 5.73. The number of rotatable bonds is 5. The lowest BCUT2D eigenvalue weighted by molar-refractivity contribution is -0.0361. The first-order chi connectivity index (χ1) is 14.0. The zero-order valence-corrected chi connectivity index (χ0v) is 22.2. The molecule has 0 unspecified atom stereocenters. The summed E-state index contributed by atoms with van der Waals surface area (Å²) < 4.78 is 11.8. The van der Waals surface area contributed by atoms with Crippen molar-refractivity contribution in [3.05, 3.63) is 34.3 Å². The Labute approximate surface area is 194 Å². The lowest BCUT2D eigenvalue weighted by atomic mass is 9.81. The van der Waals surface area contributed by atoms with Crippen molar-refractivity contribution in [1.29, 1.82) is 0 Å². The normalized spacial score (nSPS) is 17.5. The molecule has 0 atom stereocenters. The molecule has 5 nitrogen and oxygen atoms in total. The molecule has 0 bridgehead atoms. The number of ether oxygens (including phenoxy) is 1. The van der Waals surface area contributed by atoms with Crippen molar-refractivity contribution in [1.82, 2.24) is 4.90 Å². The predicted octanol–water partition coefficient (Wildman–Crippen LogP) is 6.12. The van der Waals surface area contributed by atoms with Crippen LogP contribution in [0.25, 0.3) is 0 Å². The molecule has 0 spiro atoms. The van der Waals surface area contributed by atoms with E-state index in [1.807, 2.05) is 39.0 Å². The summed E-state index contributed by atoms with van der Waals surface area (Å²) in [7, 11) is -1.83. The van der Waals surface area contributed by atoms with Crippen LogP contribution in [0, 0.1) is 0 Å². The Morgan fingerprint density at radius 3 is 2.26 bits per heavy atom. The fourth-order valence-corrected chi connectivity index (χ4v) is 4.71. The van der Waals surface area contributed by atoms with E-state index in [2.05, 4.69) is 33.9 Å². The molecule has 2 rings (SSSR count). The first kappa shape index (κ1) is 26.2. The van der Waals surface area contributed by atoms with Gasteiger partial charge in [-0.25, -0.2) is 4.79 Å². The molecule has 7 heteroatoms. The molecular weight excluding hydrogens is 430 g/mol. The van der Waals surface area contributed by atoms with Crippen LogP contribution < -0.4 is 0 Å². The second-order valence-electron chi connectivity index (χ2n) is 11.2. The third-order valence-corrected chi connectivity index (χ3v) is 11.2. The molecule has 1 aliphatic heterocycles. The molecule has 0 radical (unpaired) electrons. The molecule has 1 aromatic rings. The molecule has 1 heterocycles. The molecule has 1 aliphatic rings. The fourth-order valence-electron chi connectivity index (χ4n) is 3.49. The van der Waals surface area contributed by atoms with Gasteiger partial charge in [0.1, 0.15) is 5.60 Å². The summed E-state index contributed by atoms with van der Waals surface area (Å²) in [5, 5.41) is 12.3. The van der Waals surface area contributed by atoms with E-state index >= 15 is 0 Å². The number of carbonyl (C=O) groups is 1. The van der Waals surface area contributed by atoms with E-state index < -0.39 is 19.5 Å². The van der Waals surface area contributed by atoms with Gasteiger partial charge in [0.05, 0.1) is 5.60 Å². The van der Waals surface area contributed by atoms with Gasteiger partial charge in [0.25, 0.3) is 0 Å². The molecular formula is C24H40ClNO4Si. The molecule has 0 aliphatic carbocycles. The Morgan fingerprint density at radius 1 is 1.16 bits per heavy atom. The van der Waals surface area contributed by atoms with Gasteiger partial charge in [-0.2, -0.15) is 0 Å². The largest absolute Gasteiger partial charge is 0.444 e. The average molecular weight is 470 g/mol. The van der Waals surface area contributed by atoms with Crippen LogP contribution in [0.3, 0.4) is 0 Å². The minimum atomic E-state index is -1.83. The topological polar surface area (TPSA) is 59.0 Å². The van der Waals surface area contributed by atoms with Crippen LogP contribution in [0.5, 0.6) is 0 Å². The summed E-state index contributed by atoms with van der Waals surface area (Å²) in [5.74, 6) is 0. The van der Waals surface area contributed by atoms with Crippen molar-refractivity contribution in [2.45, 2.75) is 90.1 Å². The maximum absolute atomic E-state index is 12.4. The van der Waals surface area contributed by atoms with Gasteiger partial charge < -0.3 is 19.2 Å². The number of amides is 1. The highest BCUT2D eigenvalue weighted by atomic mass is 35.5. The molecule has 31 heavy (non-hydrogen) atoms. The number of nitrogens with zero attached hydrogens (tertiary/aromatic N) is 1. The highest BCUT2D eigenvalue weighted by molar-refractivity contribution is 6.74. The first-order valence-corrected chi connectivity index (χ1v) is 14.5. The number of piperidine rings is 1. The minimum Gasteiger partial charge on any atom is -0.444 e. The van der Waals surface area contributed by atoms with Gasteiger partial charge in [0, 0.05) is 24.7 Å². The Bertz CT molecular complexity index is 775. The molecule has 1 aromatic carbocycles. The maximum atomic E-state index is 12.4. The predicted molar refractivity (Wildman–Crippen MR) is 129 cm³/mol. The molecule has 176 valence electrons. The van der Waals surface area contributed by atoms with Gasteiger partial charge in [0.2, 0.25) is 0 Å². The van der Waals surface area contributed by atoms with Gasteiger partial charge in [0.15, 0.2) is 8.32 Å². The van der Waals surface area contributed by atoms with Crippen LogP contribution in [0.4, 0.5) is 4.79 Å². The lowest BCUT2D eigenvalue weighted by Crippen LogP contribution is -2.47. The van der Waals surface area contributed by atoms with E-state index in [4.69, 9.17) is 20.8 Å². The number of carbonyl (C=O) groups excluding carboxylic acids is 1. The third kappa shape index (κ3) is 6.95. The minimum absolute atomic E-state index is 0.155. The number of hydrogen-bond donors (Lipinski definition) is 1. The number of halogens is 1. The summed E-state index contributed by atoms with van der Waals surface area (Å²) in [6.45, 7) is 18.3. The Balaban J connectivity index is 2.11. The number of benzene rings is 1. The monoisotopic (exact) mass is 469 g/mol. The smallest absolute Gasteiger partial charge is 0.410 e.